The molecule has 0 atom stereocenters. The minimum Gasteiger partial charge on any atom is -0.406 e. The van der Waals surface area contributed by atoms with Crippen LogP contribution in [0.2, 0.25) is 0 Å². The molecule has 2 aromatic carbocycles. The van der Waals surface area contributed by atoms with Crippen LogP contribution in [0.1, 0.15) is 11.1 Å². The highest BCUT2D eigenvalue weighted by molar-refractivity contribution is 7.93. The Bertz CT molecular complexity index is 1250. The summed E-state index contributed by atoms with van der Waals surface area (Å²) in [4.78, 5) is 4.36. The summed E-state index contributed by atoms with van der Waals surface area (Å²) in [6.07, 6.45) is -4.78. The Balaban J connectivity index is 1.61. The number of likely N-dealkylation sites (N-methyl/N-ethyl adjacent to an activating group) is 1. The van der Waals surface area contributed by atoms with Crippen LogP contribution in [-0.4, -0.2) is 70.1 Å². The van der Waals surface area contributed by atoms with E-state index in [1.807, 2.05) is 38.2 Å². The van der Waals surface area contributed by atoms with Crippen molar-refractivity contribution in [2.75, 3.05) is 49.8 Å². The van der Waals surface area contributed by atoms with E-state index in [-0.39, 0.29) is 18.0 Å². The van der Waals surface area contributed by atoms with E-state index in [9.17, 15) is 21.6 Å². The third-order valence-corrected chi connectivity index (χ3v) is 9.22. The van der Waals surface area contributed by atoms with Gasteiger partial charge in [-0.1, -0.05) is 30.3 Å². The molecule has 0 radical (unpaired) electrons. The number of hydrogen-bond donors (Lipinski definition) is 0. The summed E-state index contributed by atoms with van der Waals surface area (Å²) in [5, 5.41) is 1.61. The van der Waals surface area contributed by atoms with Crippen LogP contribution in [0.4, 0.5) is 18.2 Å². The molecular formula is C24H28F3N3O3S2. The van der Waals surface area contributed by atoms with E-state index in [2.05, 4.69) is 14.5 Å². The van der Waals surface area contributed by atoms with E-state index in [1.54, 1.807) is 0 Å². The number of thiophene rings is 1. The first-order valence-electron chi connectivity index (χ1n) is 11.3. The van der Waals surface area contributed by atoms with Gasteiger partial charge in [-0.25, -0.2) is 8.42 Å². The fourth-order valence-electron chi connectivity index (χ4n) is 4.08. The van der Waals surface area contributed by atoms with Crippen LogP contribution in [0, 0.1) is 6.92 Å². The van der Waals surface area contributed by atoms with Gasteiger partial charge >= 0.3 is 6.36 Å². The Morgan fingerprint density at radius 1 is 1.03 bits per heavy atom. The van der Waals surface area contributed by atoms with Gasteiger partial charge in [0.05, 0.1) is 12.3 Å². The molecule has 1 aliphatic heterocycles. The van der Waals surface area contributed by atoms with Gasteiger partial charge in [0.15, 0.2) is 0 Å². The number of nitrogens with zero attached hydrogens (tertiary/aromatic N) is 3. The molecule has 4 rings (SSSR count). The summed E-state index contributed by atoms with van der Waals surface area (Å²) >= 11 is 1.40. The Hall–Kier alpha value is -2.34. The van der Waals surface area contributed by atoms with Crippen LogP contribution in [0.15, 0.2) is 48.5 Å². The fourth-order valence-corrected chi connectivity index (χ4v) is 7.10. The number of ether oxygens (including phenoxy) is 1. The number of piperazine rings is 1. The first-order chi connectivity index (χ1) is 16.5. The predicted octanol–water partition coefficient (Wildman–Crippen LogP) is 4.69. The lowest BCUT2D eigenvalue weighted by atomic mass is 10.2. The summed E-state index contributed by atoms with van der Waals surface area (Å²) in [5.41, 5.74) is 1.44. The number of benzene rings is 2. The zero-order valence-electron chi connectivity index (χ0n) is 19.6. The normalized spacial score (nSPS) is 16.0. The molecule has 1 saturated heterocycles. The summed E-state index contributed by atoms with van der Waals surface area (Å²) in [6.45, 7) is 5.76. The van der Waals surface area contributed by atoms with Crippen molar-refractivity contribution in [3.8, 4) is 5.75 Å². The Morgan fingerprint density at radius 2 is 1.69 bits per heavy atom. The van der Waals surface area contributed by atoms with Gasteiger partial charge in [-0.2, -0.15) is 0 Å². The maximum Gasteiger partial charge on any atom is 0.573 e. The highest BCUT2D eigenvalue weighted by atomic mass is 32.2. The van der Waals surface area contributed by atoms with Crippen molar-refractivity contribution >= 4 is 36.4 Å². The second-order valence-electron chi connectivity index (χ2n) is 8.69. The number of halogens is 3. The smallest absolute Gasteiger partial charge is 0.406 e. The zero-order valence-corrected chi connectivity index (χ0v) is 21.2. The molecule has 11 heteroatoms. The first-order valence-corrected chi connectivity index (χ1v) is 13.7. The van der Waals surface area contributed by atoms with Crippen LogP contribution >= 0.6 is 11.3 Å². The van der Waals surface area contributed by atoms with Crippen molar-refractivity contribution < 1.29 is 26.3 Å². The van der Waals surface area contributed by atoms with E-state index in [1.165, 1.54) is 39.9 Å². The summed E-state index contributed by atoms with van der Waals surface area (Å²) in [6, 6.07) is 13.1. The fraction of sp³-hybridized carbons (Fsp3) is 0.417. The van der Waals surface area contributed by atoms with Crippen molar-refractivity contribution in [1.29, 1.82) is 0 Å². The molecule has 0 spiro atoms. The van der Waals surface area contributed by atoms with E-state index < -0.39 is 16.4 Å². The maximum absolute atomic E-state index is 13.6. The molecule has 0 aliphatic carbocycles. The summed E-state index contributed by atoms with van der Waals surface area (Å²) in [5.74, 6) is -0.386. The number of sulfonamides is 1. The van der Waals surface area contributed by atoms with E-state index in [0.29, 0.717) is 17.1 Å². The lowest BCUT2D eigenvalue weighted by Crippen LogP contribution is -2.47. The number of anilines is 1. The average Bonchev–Trinajstić information content (AvgIpc) is 3.13. The number of aryl methyl sites for hydroxylation is 1. The van der Waals surface area contributed by atoms with Crippen LogP contribution in [0.25, 0.3) is 10.1 Å². The molecule has 1 fully saturated rings. The lowest BCUT2D eigenvalue weighted by molar-refractivity contribution is -0.274. The topological polar surface area (TPSA) is 53.1 Å². The van der Waals surface area contributed by atoms with Gasteiger partial charge in [0.1, 0.15) is 10.8 Å². The molecule has 35 heavy (non-hydrogen) atoms. The second-order valence-corrected chi connectivity index (χ2v) is 11.7. The summed E-state index contributed by atoms with van der Waals surface area (Å²) in [7, 11) is -1.67. The number of fused-ring (bicyclic) bond motifs is 1. The van der Waals surface area contributed by atoms with Crippen molar-refractivity contribution in [3.05, 3.63) is 59.7 Å². The number of hydrogen-bond acceptors (Lipinski definition) is 6. The van der Waals surface area contributed by atoms with E-state index in [0.717, 1.165) is 41.8 Å². The molecule has 2 heterocycles. The minimum atomic E-state index is -4.78. The Morgan fingerprint density at radius 3 is 2.31 bits per heavy atom. The Kier molecular flexibility index (Phi) is 7.60. The van der Waals surface area contributed by atoms with Gasteiger partial charge in [0, 0.05) is 37.4 Å². The molecule has 190 valence electrons. The largest absolute Gasteiger partial charge is 0.573 e. The molecule has 0 bridgehead atoms. The third kappa shape index (κ3) is 6.46. The number of alkyl halides is 3. The van der Waals surface area contributed by atoms with E-state index in [4.69, 9.17) is 0 Å². The molecular weight excluding hydrogens is 499 g/mol. The van der Waals surface area contributed by atoms with Crippen LogP contribution in [-0.2, 0) is 16.6 Å². The molecule has 6 nitrogen and oxygen atoms in total. The monoisotopic (exact) mass is 527 g/mol. The molecule has 0 saturated carbocycles. The van der Waals surface area contributed by atoms with Gasteiger partial charge in [-0.15, -0.1) is 24.5 Å². The third-order valence-electron chi connectivity index (χ3n) is 6.13. The minimum absolute atomic E-state index is 0.0189. The first kappa shape index (κ1) is 25.7. The molecule has 3 aromatic rings. The molecule has 0 unspecified atom stereocenters. The van der Waals surface area contributed by atoms with Crippen LogP contribution < -0.4 is 9.04 Å². The van der Waals surface area contributed by atoms with Crippen molar-refractivity contribution in [2.24, 2.45) is 0 Å². The molecule has 1 aliphatic rings. The van der Waals surface area contributed by atoms with Gasteiger partial charge in [-0.3, -0.25) is 9.21 Å². The molecule has 0 N–H and O–H groups in total. The SMILES string of the molecule is Cc1c(N(Cc2ccc(OC(F)(F)F)cc2)S(=O)(=O)CCN2CCN(C)CC2)sc2ccccc12. The van der Waals surface area contributed by atoms with Crippen LogP contribution in [0.3, 0.4) is 0 Å². The second kappa shape index (κ2) is 10.3. The van der Waals surface area contributed by atoms with E-state index >= 15 is 0 Å². The van der Waals surface area contributed by atoms with Gasteiger partial charge in [0.25, 0.3) is 0 Å². The highest BCUT2D eigenvalue weighted by Gasteiger charge is 2.31. The average molecular weight is 528 g/mol. The molecule has 0 amide bonds. The summed E-state index contributed by atoms with van der Waals surface area (Å²) < 4.78 is 71.2. The highest BCUT2D eigenvalue weighted by Crippen LogP contribution is 2.39. The number of rotatable bonds is 8. The maximum atomic E-state index is 13.6. The quantitative estimate of drug-likeness (QED) is 0.426. The van der Waals surface area contributed by atoms with Gasteiger partial charge in [0.2, 0.25) is 10.0 Å². The standard InChI is InChI=1S/C24H28F3N3O3S2/c1-18-21-5-3-4-6-22(21)34-23(18)30(17-19-7-9-20(10-8-19)33-24(25,26)27)35(31,32)16-15-29-13-11-28(2)12-14-29/h3-10H,11-17H2,1-2H3. The predicted molar refractivity (Wildman–Crippen MR) is 134 cm³/mol. The molecule has 1 aromatic heterocycles. The lowest BCUT2D eigenvalue weighted by Gasteiger charge is -2.33. The van der Waals surface area contributed by atoms with Crippen molar-refractivity contribution in [1.82, 2.24) is 9.80 Å². The van der Waals surface area contributed by atoms with Crippen molar-refractivity contribution in [3.63, 3.8) is 0 Å². The van der Waals surface area contributed by atoms with Gasteiger partial charge < -0.3 is 9.64 Å². The van der Waals surface area contributed by atoms with Crippen LogP contribution in [0.5, 0.6) is 5.75 Å². The zero-order chi connectivity index (χ0) is 25.2. The van der Waals surface area contributed by atoms with Crippen molar-refractivity contribution in [2.45, 2.75) is 19.8 Å². The Labute approximate surface area is 207 Å². The van der Waals surface area contributed by atoms with Gasteiger partial charge in [-0.05, 0) is 48.7 Å².